The number of Topliss-reactive ketones (excluding diaryl/α,β-unsaturated/α-hetero) is 1. The number of alkyl halides is 1. The first-order chi connectivity index (χ1) is 17.5. The minimum Gasteiger partial charge on any atom is -0.457 e. The van der Waals surface area contributed by atoms with E-state index in [1.807, 2.05) is 13.8 Å². The summed E-state index contributed by atoms with van der Waals surface area (Å²) in [6.45, 7) is 4.80. The second-order valence-corrected chi connectivity index (χ2v) is 11.8. The van der Waals surface area contributed by atoms with Crippen LogP contribution in [0.25, 0.3) is 0 Å². The Labute approximate surface area is 215 Å². The van der Waals surface area contributed by atoms with Gasteiger partial charge in [0, 0.05) is 16.7 Å². The van der Waals surface area contributed by atoms with Crippen LogP contribution in [-0.2, 0) is 28.6 Å². The molecular formula is C28H35FO8. The largest absolute Gasteiger partial charge is 0.509 e. The van der Waals surface area contributed by atoms with Crippen molar-refractivity contribution in [3.05, 3.63) is 23.8 Å². The summed E-state index contributed by atoms with van der Waals surface area (Å²) in [6, 6.07) is 0. The van der Waals surface area contributed by atoms with Crippen LogP contribution < -0.4 is 0 Å². The number of aliphatic hydroxyl groups excluding tert-OH is 1. The predicted molar refractivity (Wildman–Crippen MR) is 128 cm³/mol. The summed E-state index contributed by atoms with van der Waals surface area (Å²) in [7, 11) is 0. The van der Waals surface area contributed by atoms with Gasteiger partial charge in [0.25, 0.3) is 0 Å². The molecule has 37 heavy (non-hydrogen) atoms. The highest BCUT2D eigenvalue weighted by molar-refractivity contribution is 6.01. The van der Waals surface area contributed by atoms with Crippen LogP contribution in [-0.4, -0.2) is 59.9 Å². The molecule has 1 N–H and O–H groups in total. The van der Waals surface area contributed by atoms with Gasteiger partial charge in [-0.15, -0.1) is 0 Å². The van der Waals surface area contributed by atoms with Gasteiger partial charge in [-0.05, 0) is 75.0 Å². The van der Waals surface area contributed by atoms with Crippen LogP contribution in [0.15, 0.2) is 23.8 Å². The Morgan fingerprint density at radius 2 is 1.89 bits per heavy atom. The van der Waals surface area contributed by atoms with Gasteiger partial charge in [-0.3, -0.25) is 14.4 Å². The third-order valence-corrected chi connectivity index (χ3v) is 9.82. The minimum atomic E-state index is -1.68. The lowest BCUT2D eigenvalue weighted by molar-refractivity contribution is -0.187. The van der Waals surface area contributed by atoms with Crippen molar-refractivity contribution in [3.63, 3.8) is 0 Å². The SMILES string of the molecule is CCOC(=O)O[C@]1(C(=O)COC(=O)C2CC2)CC[C@H]2[C@@H]3C[C@H](F)C4=CC(=O)C=C[C@]4(C)[C@H]3C(O)C[C@@]21C. The third-order valence-electron chi connectivity index (χ3n) is 9.82. The number of hydrogen-bond acceptors (Lipinski definition) is 8. The summed E-state index contributed by atoms with van der Waals surface area (Å²) in [4.78, 5) is 50.5. The van der Waals surface area contributed by atoms with Gasteiger partial charge in [0.1, 0.15) is 6.17 Å². The molecule has 0 radical (unpaired) electrons. The van der Waals surface area contributed by atoms with Crippen molar-refractivity contribution in [2.24, 2.45) is 34.5 Å². The van der Waals surface area contributed by atoms with Crippen molar-refractivity contribution in [3.8, 4) is 0 Å². The fourth-order valence-corrected chi connectivity index (χ4v) is 7.99. The Hall–Kier alpha value is -2.55. The molecule has 0 saturated heterocycles. The topological polar surface area (TPSA) is 116 Å². The Kier molecular flexibility index (Phi) is 6.36. The van der Waals surface area contributed by atoms with Crippen LogP contribution in [0.4, 0.5) is 9.18 Å². The van der Waals surface area contributed by atoms with E-state index in [1.165, 1.54) is 12.2 Å². The molecule has 5 aliphatic rings. The maximum Gasteiger partial charge on any atom is 0.509 e. The van der Waals surface area contributed by atoms with E-state index >= 15 is 4.39 Å². The summed E-state index contributed by atoms with van der Waals surface area (Å²) in [6.07, 6.45) is 3.48. The second kappa shape index (κ2) is 9.03. The van der Waals surface area contributed by atoms with Gasteiger partial charge in [0.15, 0.2) is 18.0 Å². The number of allylic oxidation sites excluding steroid dienone is 4. The lowest BCUT2D eigenvalue weighted by Gasteiger charge is -2.60. The number of esters is 1. The van der Waals surface area contributed by atoms with Crippen LogP contribution in [0, 0.1) is 34.5 Å². The molecule has 1 unspecified atom stereocenters. The number of carbonyl (C=O) groups excluding carboxylic acids is 4. The second-order valence-electron chi connectivity index (χ2n) is 11.8. The van der Waals surface area contributed by atoms with Gasteiger partial charge >= 0.3 is 12.1 Å². The highest BCUT2D eigenvalue weighted by Gasteiger charge is 2.71. The van der Waals surface area contributed by atoms with Crippen LogP contribution in [0.1, 0.15) is 59.3 Å². The minimum absolute atomic E-state index is 0.0509. The van der Waals surface area contributed by atoms with Crippen LogP contribution >= 0.6 is 0 Å². The van der Waals surface area contributed by atoms with Crippen LogP contribution in [0.5, 0.6) is 0 Å². The van der Waals surface area contributed by atoms with Gasteiger partial charge in [-0.2, -0.15) is 0 Å². The van der Waals surface area contributed by atoms with Crippen molar-refractivity contribution < 1.29 is 42.9 Å². The fraction of sp³-hybridized carbons (Fsp3) is 0.714. The smallest absolute Gasteiger partial charge is 0.457 e. The number of ether oxygens (including phenoxy) is 3. The molecule has 202 valence electrons. The number of fused-ring (bicyclic) bond motifs is 5. The lowest BCUT2D eigenvalue weighted by Crippen LogP contribution is -2.64. The van der Waals surface area contributed by atoms with Crippen molar-refractivity contribution in [2.75, 3.05) is 13.2 Å². The normalized spacial score (nSPS) is 42.1. The van der Waals surface area contributed by atoms with Gasteiger partial charge < -0.3 is 19.3 Å². The number of aliphatic hydroxyl groups is 1. The highest BCUT2D eigenvalue weighted by Crippen LogP contribution is 2.68. The summed E-state index contributed by atoms with van der Waals surface area (Å²) < 4.78 is 31.7. The van der Waals surface area contributed by atoms with Crippen molar-refractivity contribution >= 4 is 23.7 Å². The highest BCUT2D eigenvalue weighted by atomic mass is 19.1. The zero-order chi connectivity index (χ0) is 26.8. The van der Waals surface area contributed by atoms with E-state index in [9.17, 15) is 24.3 Å². The molecule has 0 aliphatic heterocycles. The molecule has 9 heteroatoms. The fourth-order valence-electron chi connectivity index (χ4n) is 7.99. The molecule has 0 aromatic heterocycles. The monoisotopic (exact) mass is 518 g/mol. The average molecular weight is 519 g/mol. The van der Waals surface area contributed by atoms with E-state index < -0.39 is 53.2 Å². The molecular weight excluding hydrogens is 483 g/mol. The van der Waals surface area contributed by atoms with Gasteiger partial charge in [0.05, 0.1) is 18.6 Å². The first kappa shape index (κ1) is 26.1. The van der Waals surface area contributed by atoms with Gasteiger partial charge in [-0.25, -0.2) is 9.18 Å². The molecule has 5 rings (SSSR count). The predicted octanol–water partition coefficient (Wildman–Crippen LogP) is 3.65. The number of halogens is 1. The van der Waals surface area contributed by atoms with E-state index in [0.717, 1.165) is 12.8 Å². The van der Waals surface area contributed by atoms with E-state index in [1.54, 1.807) is 13.0 Å². The Balaban J connectivity index is 1.49. The van der Waals surface area contributed by atoms with Gasteiger partial charge in [-0.1, -0.05) is 19.9 Å². The molecule has 0 spiro atoms. The third kappa shape index (κ3) is 3.96. The van der Waals surface area contributed by atoms with E-state index in [0.29, 0.717) is 12.0 Å². The molecule has 0 aromatic carbocycles. The Morgan fingerprint density at radius 3 is 2.57 bits per heavy atom. The maximum absolute atomic E-state index is 15.6. The summed E-state index contributed by atoms with van der Waals surface area (Å²) in [5.74, 6) is -2.39. The molecule has 8 nitrogen and oxygen atoms in total. The molecule has 8 atom stereocenters. The molecule has 4 saturated carbocycles. The Bertz CT molecular complexity index is 1080. The first-order valence-corrected chi connectivity index (χ1v) is 13.3. The zero-order valence-electron chi connectivity index (χ0n) is 21.5. The van der Waals surface area contributed by atoms with E-state index in [-0.39, 0.29) is 55.3 Å². The summed E-state index contributed by atoms with van der Waals surface area (Å²) >= 11 is 0. The first-order valence-electron chi connectivity index (χ1n) is 13.3. The lowest BCUT2D eigenvalue weighted by atomic mass is 9.46. The van der Waals surface area contributed by atoms with Crippen LogP contribution in [0.3, 0.4) is 0 Å². The molecule has 5 aliphatic carbocycles. The van der Waals surface area contributed by atoms with E-state index in [2.05, 4.69) is 0 Å². The summed E-state index contributed by atoms with van der Waals surface area (Å²) in [5.41, 5.74) is -3.16. The number of ketones is 2. The zero-order valence-corrected chi connectivity index (χ0v) is 21.5. The quantitative estimate of drug-likeness (QED) is 0.530. The number of carbonyl (C=O) groups is 4. The molecule has 0 bridgehead atoms. The van der Waals surface area contributed by atoms with E-state index in [4.69, 9.17) is 14.2 Å². The van der Waals surface area contributed by atoms with Crippen molar-refractivity contribution in [1.82, 2.24) is 0 Å². The molecule has 0 aromatic rings. The number of rotatable bonds is 6. The molecule has 0 amide bonds. The Morgan fingerprint density at radius 1 is 1.16 bits per heavy atom. The average Bonchev–Trinajstić information content (AvgIpc) is 3.63. The molecule has 4 fully saturated rings. The van der Waals surface area contributed by atoms with Gasteiger partial charge in [0.2, 0.25) is 5.78 Å². The van der Waals surface area contributed by atoms with Crippen molar-refractivity contribution in [1.29, 1.82) is 0 Å². The summed E-state index contributed by atoms with van der Waals surface area (Å²) in [5, 5.41) is 11.6. The van der Waals surface area contributed by atoms with Crippen LogP contribution in [0.2, 0.25) is 0 Å². The maximum atomic E-state index is 15.6. The number of hydrogen-bond donors (Lipinski definition) is 1. The molecule has 0 heterocycles. The van der Waals surface area contributed by atoms with Crippen molar-refractivity contribution in [2.45, 2.75) is 77.2 Å². The standard InChI is InChI=1S/C28H35FO8/c1-4-35-25(34)37-28(22(32)14-36-24(33)15-5-6-15)10-8-18-17-12-20(29)19-11-16(30)7-9-26(19,2)23(17)21(31)13-27(18,28)3/h7,9,11,15,17-18,20-21,23,31H,4-6,8,10,12-14H2,1-3H3/t17-,18-,20-,21?,23+,26-,27-,28-/m0/s1.